The Labute approximate surface area is 126 Å². The number of rotatable bonds is 2. The molecule has 21 heavy (non-hydrogen) atoms. The molecule has 0 amide bonds. The number of nitrogens with two attached hydrogens (primary N) is 1. The number of hydrogen-bond acceptors (Lipinski definition) is 3. The van der Waals surface area contributed by atoms with Gasteiger partial charge >= 0.3 is 0 Å². The van der Waals surface area contributed by atoms with Gasteiger partial charge < -0.3 is 15.5 Å². The summed E-state index contributed by atoms with van der Waals surface area (Å²) < 4.78 is 5.19. The lowest BCUT2D eigenvalue weighted by Gasteiger charge is -2.08. The number of fused-ring (bicyclic) bond motifs is 1. The normalized spacial score (nSPS) is 10.8. The molecular weight excluding hydrogens is 288 g/mol. The first kappa shape index (κ1) is 13.5. The maximum Gasteiger partial charge on any atom is 0.256 e. The van der Waals surface area contributed by atoms with Gasteiger partial charge in [-0.15, -0.1) is 0 Å². The van der Waals surface area contributed by atoms with Gasteiger partial charge in [0, 0.05) is 21.7 Å². The smallest absolute Gasteiger partial charge is 0.256 e. The van der Waals surface area contributed by atoms with Crippen LogP contribution in [0.1, 0.15) is 0 Å². The third kappa shape index (κ3) is 2.45. The minimum atomic E-state index is -0.176. The molecule has 5 heteroatoms. The minimum absolute atomic E-state index is 0.176. The van der Waals surface area contributed by atoms with Crippen molar-refractivity contribution < 1.29 is 4.74 Å². The van der Waals surface area contributed by atoms with Crippen LogP contribution in [0.3, 0.4) is 0 Å². The average Bonchev–Trinajstić information content (AvgIpc) is 2.49. The minimum Gasteiger partial charge on any atom is -0.497 e. The van der Waals surface area contributed by atoms with Crippen molar-refractivity contribution in [1.82, 2.24) is 4.98 Å². The van der Waals surface area contributed by atoms with Crippen molar-refractivity contribution in [3.05, 3.63) is 57.8 Å². The summed E-state index contributed by atoms with van der Waals surface area (Å²) in [5, 5.41) is 1.94. The molecule has 0 aliphatic heterocycles. The van der Waals surface area contributed by atoms with Crippen molar-refractivity contribution in [2.75, 3.05) is 12.8 Å². The van der Waals surface area contributed by atoms with Crippen LogP contribution in [0.4, 0.5) is 5.69 Å². The highest BCUT2D eigenvalue weighted by Gasteiger charge is 2.08. The SMILES string of the molecule is COc1ccc2c(=O)[nH]c(-c3cc(Cl)ccc3N)cc2c1. The fraction of sp³-hybridized carbons (Fsp3) is 0.0625. The fourth-order valence-corrected chi connectivity index (χ4v) is 2.45. The number of aromatic nitrogens is 1. The molecule has 0 atom stereocenters. The van der Waals surface area contributed by atoms with Crippen LogP contribution < -0.4 is 16.0 Å². The number of aromatic amines is 1. The predicted octanol–water partition coefficient (Wildman–Crippen LogP) is 3.44. The molecule has 0 bridgehead atoms. The van der Waals surface area contributed by atoms with Gasteiger partial charge in [-0.2, -0.15) is 0 Å². The van der Waals surface area contributed by atoms with Gasteiger partial charge in [-0.25, -0.2) is 0 Å². The monoisotopic (exact) mass is 300 g/mol. The maximum absolute atomic E-state index is 12.2. The van der Waals surface area contributed by atoms with E-state index < -0.39 is 0 Å². The van der Waals surface area contributed by atoms with E-state index in [9.17, 15) is 4.79 Å². The average molecular weight is 301 g/mol. The van der Waals surface area contributed by atoms with Crippen molar-refractivity contribution in [2.24, 2.45) is 0 Å². The van der Waals surface area contributed by atoms with Crippen LogP contribution in [0.5, 0.6) is 5.75 Å². The molecule has 106 valence electrons. The number of hydrogen-bond donors (Lipinski definition) is 2. The Kier molecular flexibility index (Phi) is 3.31. The summed E-state index contributed by atoms with van der Waals surface area (Å²) in [6, 6.07) is 12.3. The second-order valence-electron chi connectivity index (χ2n) is 4.70. The molecule has 0 aliphatic carbocycles. The number of pyridine rings is 1. The van der Waals surface area contributed by atoms with Crippen LogP contribution in [-0.4, -0.2) is 12.1 Å². The van der Waals surface area contributed by atoms with Crippen LogP contribution in [0, 0.1) is 0 Å². The second-order valence-corrected chi connectivity index (χ2v) is 5.13. The lowest BCUT2D eigenvalue weighted by molar-refractivity contribution is 0.415. The zero-order valence-corrected chi connectivity index (χ0v) is 12.1. The van der Waals surface area contributed by atoms with E-state index in [1.165, 1.54) is 0 Å². The van der Waals surface area contributed by atoms with Crippen LogP contribution in [0.2, 0.25) is 5.02 Å². The number of methoxy groups -OCH3 is 1. The number of ether oxygens (including phenoxy) is 1. The van der Waals surface area contributed by atoms with Gasteiger partial charge in [0.15, 0.2) is 0 Å². The molecule has 0 radical (unpaired) electrons. The first-order valence-corrected chi connectivity index (χ1v) is 6.73. The van der Waals surface area contributed by atoms with E-state index in [2.05, 4.69) is 4.98 Å². The molecule has 4 nitrogen and oxygen atoms in total. The topological polar surface area (TPSA) is 68.1 Å². The predicted molar refractivity (Wildman–Crippen MR) is 86.0 cm³/mol. The summed E-state index contributed by atoms with van der Waals surface area (Å²) in [4.78, 5) is 15.0. The molecule has 2 aromatic carbocycles. The van der Waals surface area contributed by atoms with Crippen molar-refractivity contribution in [3.63, 3.8) is 0 Å². The molecular formula is C16H13ClN2O2. The molecule has 0 fully saturated rings. The second kappa shape index (κ2) is 5.14. The van der Waals surface area contributed by atoms with Gasteiger partial charge in [-0.05, 0) is 47.9 Å². The summed E-state index contributed by atoms with van der Waals surface area (Å²) in [6.07, 6.45) is 0. The first-order chi connectivity index (χ1) is 10.1. The zero-order chi connectivity index (χ0) is 15.0. The molecule has 3 rings (SSSR count). The third-order valence-corrected chi connectivity index (χ3v) is 3.59. The summed E-state index contributed by atoms with van der Waals surface area (Å²) >= 11 is 6.00. The largest absolute Gasteiger partial charge is 0.497 e. The number of nitrogen functional groups attached to an aromatic ring is 1. The quantitative estimate of drug-likeness (QED) is 0.712. The van der Waals surface area contributed by atoms with Gasteiger partial charge in [0.1, 0.15) is 5.75 Å². The molecule has 0 aliphatic rings. The Morgan fingerprint density at radius 3 is 2.71 bits per heavy atom. The van der Waals surface area contributed by atoms with Crippen molar-refractivity contribution in [3.8, 4) is 17.0 Å². The van der Waals surface area contributed by atoms with Crippen molar-refractivity contribution >= 4 is 28.1 Å². The number of halogens is 1. The highest BCUT2D eigenvalue weighted by atomic mass is 35.5. The van der Waals surface area contributed by atoms with Gasteiger partial charge in [0.2, 0.25) is 0 Å². The third-order valence-electron chi connectivity index (χ3n) is 3.36. The summed E-state index contributed by atoms with van der Waals surface area (Å²) in [5.41, 5.74) is 7.67. The van der Waals surface area contributed by atoms with E-state index in [4.69, 9.17) is 22.1 Å². The Bertz CT molecular complexity index is 887. The number of H-pyrrole nitrogens is 1. The van der Waals surface area contributed by atoms with Gasteiger partial charge in [-0.3, -0.25) is 4.79 Å². The van der Waals surface area contributed by atoms with Crippen LogP contribution in [0.25, 0.3) is 22.0 Å². The summed E-state index contributed by atoms with van der Waals surface area (Å²) in [6.45, 7) is 0. The summed E-state index contributed by atoms with van der Waals surface area (Å²) in [7, 11) is 1.59. The molecule has 0 saturated carbocycles. The van der Waals surface area contributed by atoms with E-state index >= 15 is 0 Å². The summed E-state index contributed by atoms with van der Waals surface area (Å²) in [5.74, 6) is 0.693. The first-order valence-electron chi connectivity index (χ1n) is 6.35. The van der Waals surface area contributed by atoms with Crippen LogP contribution >= 0.6 is 11.6 Å². The Morgan fingerprint density at radius 1 is 1.14 bits per heavy atom. The van der Waals surface area contributed by atoms with Gasteiger partial charge in [0.25, 0.3) is 5.56 Å². The van der Waals surface area contributed by atoms with Crippen LogP contribution in [0.15, 0.2) is 47.3 Å². The standard InChI is InChI=1S/C16H13ClN2O2/c1-21-11-3-4-12-9(6-11)7-15(19-16(12)20)13-8-10(17)2-5-14(13)18/h2-8H,18H2,1H3,(H,19,20). The fourth-order valence-electron chi connectivity index (χ4n) is 2.28. The molecule has 0 saturated heterocycles. The number of benzene rings is 2. The molecule has 0 unspecified atom stereocenters. The van der Waals surface area contributed by atoms with Crippen molar-refractivity contribution in [1.29, 1.82) is 0 Å². The molecule has 3 N–H and O–H groups in total. The molecule has 1 aromatic heterocycles. The highest BCUT2D eigenvalue weighted by molar-refractivity contribution is 6.31. The van der Waals surface area contributed by atoms with E-state index in [-0.39, 0.29) is 5.56 Å². The molecule has 1 heterocycles. The lowest BCUT2D eigenvalue weighted by Crippen LogP contribution is -2.08. The van der Waals surface area contributed by atoms with Crippen LogP contribution in [-0.2, 0) is 0 Å². The van der Waals surface area contributed by atoms with E-state index in [0.29, 0.717) is 33.1 Å². The molecule has 0 spiro atoms. The van der Waals surface area contributed by atoms with E-state index in [0.717, 1.165) is 5.39 Å². The Balaban J connectivity index is 2.28. The number of anilines is 1. The highest BCUT2D eigenvalue weighted by Crippen LogP contribution is 2.29. The number of nitrogens with one attached hydrogen (secondary N) is 1. The molecule has 3 aromatic rings. The van der Waals surface area contributed by atoms with Crippen molar-refractivity contribution in [2.45, 2.75) is 0 Å². The Hall–Kier alpha value is -2.46. The van der Waals surface area contributed by atoms with E-state index in [1.54, 1.807) is 37.4 Å². The van der Waals surface area contributed by atoms with E-state index in [1.807, 2.05) is 12.1 Å². The maximum atomic E-state index is 12.2. The van der Waals surface area contributed by atoms with Gasteiger partial charge in [-0.1, -0.05) is 11.6 Å². The lowest BCUT2D eigenvalue weighted by atomic mass is 10.1. The van der Waals surface area contributed by atoms with Gasteiger partial charge in [0.05, 0.1) is 12.8 Å². The zero-order valence-electron chi connectivity index (χ0n) is 11.3. The Morgan fingerprint density at radius 2 is 1.95 bits per heavy atom.